The van der Waals surface area contributed by atoms with Gasteiger partial charge in [0.25, 0.3) is 5.91 Å². The molecule has 19 heavy (non-hydrogen) atoms. The summed E-state index contributed by atoms with van der Waals surface area (Å²) in [5.41, 5.74) is 5.01. The fourth-order valence-corrected chi connectivity index (χ4v) is 2.24. The van der Waals surface area contributed by atoms with Crippen LogP contribution < -0.4 is 16.6 Å². The number of amides is 1. The predicted molar refractivity (Wildman–Crippen MR) is 74.9 cm³/mol. The number of hydrogen-bond acceptors (Lipinski definition) is 4. The zero-order valence-corrected chi connectivity index (χ0v) is 11.2. The van der Waals surface area contributed by atoms with Gasteiger partial charge in [0, 0.05) is 18.7 Å². The monoisotopic (exact) mass is 263 g/mol. The Bertz CT molecular complexity index is 442. The molecule has 0 spiro atoms. The van der Waals surface area contributed by atoms with E-state index in [-0.39, 0.29) is 12.0 Å². The van der Waals surface area contributed by atoms with Crippen LogP contribution >= 0.6 is 0 Å². The van der Waals surface area contributed by atoms with E-state index in [9.17, 15) is 4.79 Å². The van der Waals surface area contributed by atoms with Crippen molar-refractivity contribution in [1.82, 2.24) is 5.32 Å². The Kier molecular flexibility index (Phi) is 4.76. The molecule has 0 saturated carbocycles. The van der Waals surface area contributed by atoms with Crippen molar-refractivity contribution >= 4 is 11.6 Å². The third-order valence-corrected chi connectivity index (χ3v) is 3.41. The lowest BCUT2D eigenvalue weighted by atomic mass is 10.1. The molecule has 0 aliphatic carbocycles. The van der Waals surface area contributed by atoms with Crippen LogP contribution in [0.5, 0.6) is 0 Å². The van der Waals surface area contributed by atoms with Gasteiger partial charge in [0.2, 0.25) is 0 Å². The molecule has 5 heteroatoms. The minimum Gasteiger partial charge on any atom is -0.376 e. The fourth-order valence-electron chi connectivity index (χ4n) is 2.24. The van der Waals surface area contributed by atoms with Gasteiger partial charge in [0.15, 0.2) is 0 Å². The number of carbonyl (C=O) groups excluding carboxylic acids is 1. The van der Waals surface area contributed by atoms with Gasteiger partial charge in [-0.1, -0.05) is 0 Å². The lowest BCUT2D eigenvalue weighted by Gasteiger charge is -2.22. The molecular formula is C14H21N3O2. The van der Waals surface area contributed by atoms with Crippen LogP contribution in [0.4, 0.5) is 5.69 Å². The maximum Gasteiger partial charge on any atom is 0.251 e. The minimum absolute atomic E-state index is 0.0687. The first-order chi connectivity index (χ1) is 9.20. The number of ether oxygens (including phenoxy) is 1. The molecule has 0 radical (unpaired) electrons. The summed E-state index contributed by atoms with van der Waals surface area (Å²) in [5.74, 6) is 5.30. The largest absolute Gasteiger partial charge is 0.376 e. The van der Waals surface area contributed by atoms with Crippen molar-refractivity contribution in [1.29, 1.82) is 0 Å². The maximum atomic E-state index is 12.0. The van der Waals surface area contributed by atoms with Gasteiger partial charge in [-0.15, -0.1) is 0 Å². The fraction of sp³-hybridized carbons (Fsp3) is 0.500. The molecule has 0 bridgehead atoms. The number of rotatable bonds is 4. The summed E-state index contributed by atoms with van der Waals surface area (Å²) in [5, 5.41) is 2.92. The number of benzene rings is 1. The Morgan fingerprint density at radius 2 is 2.32 bits per heavy atom. The molecule has 1 amide bonds. The molecule has 1 aromatic carbocycles. The van der Waals surface area contributed by atoms with E-state index in [1.54, 1.807) is 12.1 Å². The van der Waals surface area contributed by atoms with Gasteiger partial charge < -0.3 is 15.5 Å². The predicted octanol–water partition coefficient (Wildman–Crippen LogP) is 1.58. The highest BCUT2D eigenvalue weighted by atomic mass is 16.5. The molecule has 1 aromatic rings. The molecule has 4 N–H and O–H groups in total. The summed E-state index contributed by atoms with van der Waals surface area (Å²) in [6.45, 7) is 3.29. The number of nitrogens with two attached hydrogens (primary N) is 1. The molecule has 1 fully saturated rings. The van der Waals surface area contributed by atoms with Crippen LogP contribution in [0.2, 0.25) is 0 Å². The third kappa shape index (κ3) is 3.68. The smallest absolute Gasteiger partial charge is 0.251 e. The highest BCUT2D eigenvalue weighted by molar-refractivity contribution is 5.94. The van der Waals surface area contributed by atoms with Gasteiger partial charge in [-0.25, -0.2) is 0 Å². The topological polar surface area (TPSA) is 76.4 Å². The maximum absolute atomic E-state index is 12.0. The van der Waals surface area contributed by atoms with Crippen LogP contribution in [0.15, 0.2) is 18.2 Å². The van der Waals surface area contributed by atoms with Gasteiger partial charge in [-0.2, -0.15) is 0 Å². The quantitative estimate of drug-likeness (QED) is 0.569. The van der Waals surface area contributed by atoms with Crippen molar-refractivity contribution in [2.24, 2.45) is 5.84 Å². The normalized spacial score (nSPS) is 18.9. The van der Waals surface area contributed by atoms with Crippen LogP contribution in [0, 0.1) is 6.92 Å². The third-order valence-electron chi connectivity index (χ3n) is 3.41. The van der Waals surface area contributed by atoms with Crippen molar-refractivity contribution in [3.05, 3.63) is 29.3 Å². The van der Waals surface area contributed by atoms with E-state index >= 15 is 0 Å². The summed E-state index contributed by atoms with van der Waals surface area (Å²) >= 11 is 0. The molecule has 1 atom stereocenters. The Labute approximate surface area is 113 Å². The highest BCUT2D eigenvalue weighted by Gasteiger charge is 2.15. The van der Waals surface area contributed by atoms with Gasteiger partial charge >= 0.3 is 0 Å². The van der Waals surface area contributed by atoms with Crippen LogP contribution in [0.3, 0.4) is 0 Å². The average Bonchev–Trinajstić information content (AvgIpc) is 2.45. The summed E-state index contributed by atoms with van der Waals surface area (Å²) < 4.78 is 5.58. The van der Waals surface area contributed by atoms with Gasteiger partial charge in [-0.3, -0.25) is 10.6 Å². The van der Waals surface area contributed by atoms with Crippen molar-refractivity contribution in [2.75, 3.05) is 18.6 Å². The van der Waals surface area contributed by atoms with Crippen LogP contribution in [0.25, 0.3) is 0 Å². The van der Waals surface area contributed by atoms with Crippen molar-refractivity contribution in [2.45, 2.75) is 32.3 Å². The Balaban J connectivity index is 1.90. The number of nitrogens with one attached hydrogen (secondary N) is 2. The molecule has 2 rings (SSSR count). The molecule has 104 valence electrons. The Morgan fingerprint density at radius 3 is 2.95 bits per heavy atom. The second kappa shape index (κ2) is 6.54. The van der Waals surface area contributed by atoms with Crippen molar-refractivity contribution in [3.8, 4) is 0 Å². The van der Waals surface area contributed by atoms with Gasteiger partial charge in [-0.05, 0) is 49.9 Å². The number of nitrogen functional groups attached to an aromatic ring is 1. The number of hydrazine groups is 1. The molecule has 1 unspecified atom stereocenters. The van der Waals surface area contributed by atoms with E-state index in [0.717, 1.165) is 30.7 Å². The van der Waals surface area contributed by atoms with Crippen LogP contribution in [0.1, 0.15) is 35.2 Å². The number of anilines is 1. The van der Waals surface area contributed by atoms with E-state index < -0.39 is 0 Å². The molecule has 1 saturated heterocycles. The first-order valence-electron chi connectivity index (χ1n) is 6.68. The first-order valence-corrected chi connectivity index (χ1v) is 6.68. The van der Waals surface area contributed by atoms with Crippen LogP contribution in [-0.2, 0) is 4.74 Å². The van der Waals surface area contributed by atoms with Gasteiger partial charge in [0.05, 0.1) is 11.8 Å². The molecule has 1 aliphatic rings. The summed E-state index contributed by atoms with van der Waals surface area (Å²) in [7, 11) is 0. The van der Waals surface area contributed by atoms with Crippen molar-refractivity contribution in [3.63, 3.8) is 0 Å². The second-order valence-corrected chi connectivity index (χ2v) is 4.87. The molecular weight excluding hydrogens is 242 g/mol. The standard InChI is InChI=1S/C14H21N3O2/c1-10-8-11(5-6-13(10)17-15)14(18)16-9-12-4-2-3-7-19-12/h5-6,8,12,17H,2-4,7,9,15H2,1H3,(H,16,18). The van der Waals surface area contributed by atoms with E-state index in [4.69, 9.17) is 10.6 Å². The lowest BCUT2D eigenvalue weighted by Crippen LogP contribution is -2.35. The molecule has 0 aromatic heterocycles. The van der Waals surface area contributed by atoms with Crippen LogP contribution in [-0.4, -0.2) is 25.2 Å². The minimum atomic E-state index is -0.0687. The van der Waals surface area contributed by atoms with E-state index in [2.05, 4.69) is 10.7 Å². The Hall–Kier alpha value is -1.59. The molecule has 1 heterocycles. The zero-order valence-electron chi connectivity index (χ0n) is 11.2. The molecule has 5 nitrogen and oxygen atoms in total. The first kappa shape index (κ1) is 13.8. The average molecular weight is 263 g/mol. The van der Waals surface area contributed by atoms with Gasteiger partial charge in [0.1, 0.15) is 0 Å². The van der Waals surface area contributed by atoms with E-state index in [0.29, 0.717) is 12.1 Å². The van der Waals surface area contributed by atoms with Crippen molar-refractivity contribution < 1.29 is 9.53 Å². The number of carbonyl (C=O) groups is 1. The molecule has 1 aliphatic heterocycles. The SMILES string of the molecule is Cc1cc(C(=O)NCC2CCCCO2)ccc1NN. The second-order valence-electron chi connectivity index (χ2n) is 4.87. The number of aryl methyl sites for hydroxylation is 1. The summed E-state index contributed by atoms with van der Waals surface area (Å²) in [4.78, 5) is 12.0. The highest BCUT2D eigenvalue weighted by Crippen LogP contribution is 2.15. The van der Waals surface area contributed by atoms with E-state index in [1.807, 2.05) is 13.0 Å². The van der Waals surface area contributed by atoms with E-state index in [1.165, 1.54) is 6.42 Å². The lowest BCUT2D eigenvalue weighted by molar-refractivity contribution is 0.0169. The Morgan fingerprint density at radius 1 is 1.47 bits per heavy atom. The number of hydrogen-bond donors (Lipinski definition) is 3. The summed E-state index contributed by atoms with van der Waals surface area (Å²) in [6.07, 6.45) is 3.48. The zero-order chi connectivity index (χ0) is 13.7. The summed E-state index contributed by atoms with van der Waals surface area (Å²) in [6, 6.07) is 5.40.